The Labute approximate surface area is 157 Å². The predicted molar refractivity (Wildman–Crippen MR) is 96.9 cm³/mol. The first-order valence-electron chi connectivity index (χ1n) is 8.47. The van der Waals surface area contributed by atoms with Crippen LogP contribution >= 0.6 is 0 Å². The smallest absolute Gasteiger partial charge is 0.333 e. The number of aliphatic hydroxyl groups excluding tert-OH is 1. The van der Waals surface area contributed by atoms with E-state index in [4.69, 9.17) is 19.3 Å². The second-order valence-corrected chi connectivity index (χ2v) is 5.84. The summed E-state index contributed by atoms with van der Waals surface area (Å²) in [6.07, 6.45) is -1.78. The molecule has 0 saturated heterocycles. The van der Waals surface area contributed by atoms with E-state index in [0.29, 0.717) is 17.1 Å². The summed E-state index contributed by atoms with van der Waals surface area (Å²) in [6.45, 7) is -0.920. The molecular formula is C20H23FO6. The van der Waals surface area contributed by atoms with Crippen molar-refractivity contribution in [1.82, 2.24) is 0 Å². The highest BCUT2D eigenvalue weighted by Gasteiger charge is 2.18. The third-order valence-electron chi connectivity index (χ3n) is 3.90. The van der Waals surface area contributed by atoms with Gasteiger partial charge in [-0.2, -0.15) is 0 Å². The highest BCUT2D eigenvalue weighted by molar-refractivity contribution is 5.72. The minimum absolute atomic E-state index is 0.0594. The molecule has 2 aromatic carbocycles. The van der Waals surface area contributed by atoms with Crippen LogP contribution in [-0.4, -0.2) is 49.3 Å². The molecule has 0 heterocycles. The van der Waals surface area contributed by atoms with Crippen molar-refractivity contribution < 1.29 is 33.6 Å². The van der Waals surface area contributed by atoms with Crippen LogP contribution in [0.25, 0.3) is 0 Å². The van der Waals surface area contributed by atoms with Crippen molar-refractivity contribution in [2.75, 3.05) is 27.0 Å². The summed E-state index contributed by atoms with van der Waals surface area (Å²) in [5.41, 5.74) is 1.40. The molecule has 0 aliphatic carbocycles. The van der Waals surface area contributed by atoms with Gasteiger partial charge in [-0.05, 0) is 35.4 Å². The molecule has 0 bridgehead atoms. The molecule has 2 unspecified atom stereocenters. The van der Waals surface area contributed by atoms with Gasteiger partial charge in [0.25, 0.3) is 0 Å². The zero-order chi connectivity index (χ0) is 19.6. The van der Waals surface area contributed by atoms with Gasteiger partial charge in [-0.25, -0.2) is 9.18 Å². The van der Waals surface area contributed by atoms with Crippen molar-refractivity contribution in [3.05, 3.63) is 59.7 Å². The standard InChI is InChI=1S/C20H23FO6/c1-25-17-4-2-3-15(12-17)18(22)13-27-16-7-5-14(6-8-16)11-19(20(23)24)26-10-9-21/h2-8,12,18-19,22H,9-11,13H2,1H3,(H,23,24). The van der Waals surface area contributed by atoms with Gasteiger partial charge in [0.05, 0.1) is 13.7 Å². The Hall–Kier alpha value is -2.64. The highest BCUT2D eigenvalue weighted by Crippen LogP contribution is 2.21. The van der Waals surface area contributed by atoms with E-state index in [9.17, 15) is 14.3 Å². The van der Waals surface area contributed by atoms with Crippen molar-refractivity contribution in [2.45, 2.75) is 18.6 Å². The largest absolute Gasteiger partial charge is 0.497 e. The molecular weight excluding hydrogens is 355 g/mol. The van der Waals surface area contributed by atoms with E-state index in [1.165, 1.54) is 0 Å². The van der Waals surface area contributed by atoms with Crippen LogP contribution in [0.1, 0.15) is 17.2 Å². The Balaban J connectivity index is 1.90. The summed E-state index contributed by atoms with van der Waals surface area (Å²) in [5.74, 6) is 0.0568. The van der Waals surface area contributed by atoms with Crippen LogP contribution in [0.15, 0.2) is 48.5 Å². The lowest BCUT2D eigenvalue weighted by Gasteiger charge is -2.15. The van der Waals surface area contributed by atoms with E-state index in [0.717, 1.165) is 5.56 Å². The van der Waals surface area contributed by atoms with Crippen molar-refractivity contribution >= 4 is 5.97 Å². The molecule has 0 radical (unpaired) electrons. The van der Waals surface area contributed by atoms with Gasteiger partial charge in [0.1, 0.15) is 30.9 Å². The number of aliphatic carboxylic acids is 1. The minimum Gasteiger partial charge on any atom is -0.497 e. The summed E-state index contributed by atoms with van der Waals surface area (Å²) in [4.78, 5) is 11.1. The van der Waals surface area contributed by atoms with Crippen LogP contribution in [0.3, 0.4) is 0 Å². The number of rotatable bonds is 11. The van der Waals surface area contributed by atoms with E-state index in [1.807, 2.05) is 0 Å². The Morgan fingerprint density at radius 3 is 2.52 bits per heavy atom. The predicted octanol–water partition coefficient (Wildman–Crippen LogP) is 2.79. The van der Waals surface area contributed by atoms with Gasteiger partial charge >= 0.3 is 5.97 Å². The Kier molecular flexibility index (Phi) is 8.03. The van der Waals surface area contributed by atoms with E-state index in [2.05, 4.69) is 0 Å². The van der Waals surface area contributed by atoms with Gasteiger partial charge in [0.2, 0.25) is 0 Å². The van der Waals surface area contributed by atoms with E-state index < -0.39 is 24.9 Å². The topological polar surface area (TPSA) is 85.2 Å². The number of alkyl halides is 1. The van der Waals surface area contributed by atoms with Gasteiger partial charge in [-0.3, -0.25) is 0 Å². The Bertz CT molecular complexity index is 719. The summed E-state index contributed by atoms with van der Waals surface area (Å²) in [5, 5.41) is 19.3. The average molecular weight is 378 g/mol. The van der Waals surface area contributed by atoms with Crippen molar-refractivity contribution in [1.29, 1.82) is 0 Å². The fraction of sp³-hybridized carbons (Fsp3) is 0.350. The Morgan fingerprint density at radius 1 is 1.15 bits per heavy atom. The Morgan fingerprint density at radius 2 is 1.89 bits per heavy atom. The summed E-state index contributed by atoms with van der Waals surface area (Å²) < 4.78 is 27.9. The first kappa shape index (κ1) is 20.7. The van der Waals surface area contributed by atoms with Crippen molar-refractivity contribution in [2.24, 2.45) is 0 Å². The SMILES string of the molecule is COc1cccc(C(O)COc2ccc(CC(OCCF)C(=O)O)cc2)c1. The van der Waals surface area contributed by atoms with Crippen LogP contribution in [-0.2, 0) is 16.0 Å². The van der Waals surface area contributed by atoms with Gasteiger partial charge in [-0.1, -0.05) is 24.3 Å². The molecule has 0 aliphatic heterocycles. The monoisotopic (exact) mass is 378 g/mol. The zero-order valence-corrected chi connectivity index (χ0v) is 15.0. The second kappa shape index (κ2) is 10.5. The second-order valence-electron chi connectivity index (χ2n) is 5.84. The molecule has 2 aromatic rings. The molecule has 0 amide bonds. The molecule has 6 nitrogen and oxygen atoms in total. The normalized spacial score (nSPS) is 13.0. The fourth-order valence-electron chi connectivity index (χ4n) is 2.46. The number of aliphatic hydroxyl groups is 1. The lowest BCUT2D eigenvalue weighted by molar-refractivity contribution is -0.150. The number of carboxylic acids is 1. The third-order valence-corrected chi connectivity index (χ3v) is 3.90. The van der Waals surface area contributed by atoms with Gasteiger partial charge in [0, 0.05) is 6.42 Å². The first-order valence-corrected chi connectivity index (χ1v) is 8.47. The number of carboxylic acid groups (broad SMARTS) is 1. The van der Waals surface area contributed by atoms with Crippen LogP contribution < -0.4 is 9.47 Å². The molecule has 0 fully saturated rings. The fourth-order valence-corrected chi connectivity index (χ4v) is 2.46. The summed E-state index contributed by atoms with van der Waals surface area (Å²) >= 11 is 0. The molecule has 0 spiro atoms. The maximum absolute atomic E-state index is 12.2. The van der Waals surface area contributed by atoms with E-state index in [-0.39, 0.29) is 19.6 Å². The van der Waals surface area contributed by atoms with E-state index >= 15 is 0 Å². The van der Waals surface area contributed by atoms with Gasteiger partial charge < -0.3 is 24.4 Å². The van der Waals surface area contributed by atoms with Crippen LogP contribution in [0.4, 0.5) is 4.39 Å². The van der Waals surface area contributed by atoms with Crippen LogP contribution in [0, 0.1) is 0 Å². The van der Waals surface area contributed by atoms with E-state index in [1.54, 1.807) is 55.6 Å². The maximum atomic E-state index is 12.2. The number of methoxy groups -OCH3 is 1. The molecule has 2 rings (SSSR count). The third kappa shape index (κ3) is 6.54. The van der Waals surface area contributed by atoms with Crippen LogP contribution in [0.2, 0.25) is 0 Å². The molecule has 2 N–H and O–H groups in total. The first-order chi connectivity index (χ1) is 13.0. The highest BCUT2D eigenvalue weighted by atomic mass is 19.1. The number of hydrogen-bond donors (Lipinski definition) is 2. The summed E-state index contributed by atoms with van der Waals surface area (Å²) in [6, 6.07) is 13.9. The summed E-state index contributed by atoms with van der Waals surface area (Å²) in [7, 11) is 1.56. The van der Waals surface area contributed by atoms with Crippen molar-refractivity contribution in [3.8, 4) is 11.5 Å². The molecule has 0 aliphatic rings. The molecule has 0 aromatic heterocycles. The molecule has 7 heteroatoms. The quantitative estimate of drug-likeness (QED) is 0.625. The number of hydrogen-bond acceptors (Lipinski definition) is 5. The maximum Gasteiger partial charge on any atom is 0.333 e. The minimum atomic E-state index is -1.13. The van der Waals surface area contributed by atoms with Crippen LogP contribution in [0.5, 0.6) is 11.5 Å². The number of halogens is 1. The lowest BCUT2D eigenvalue weighted by atomic mass is 10.1. The lowest BCUT2D eigenvalue weighted by Crippen LogP contribution is -2.27. The molecule has 2 atom stereocenters. The number of benzene rings is 2. The molecule has 27 heavy (non-hydrogen) atoms. The number of carbonyl (C=O) groups is 1. The number of ether oxygens (including phenoxy) is 3. The van der Waals surface area contributed by atoms with Crippen molar-refractivity contribution in [3.63, 3.8) is 0 Å². The van der Waals surface area contributed by atoms with Gasteiger partial charge in [-0.15, -0.1) is 0 Å². The average Bonchev–Trinajstić information content (AvgIpc) is 2.70. The molecule has 0 saturated carbocycles. The molecule has 146 valence electrons. The zero-order valence-electron chi connectivity index (χ0n) is 15.0. The van der Waals surface area contributed by atoms with Gasteiger partial charge in [0.15, 0.2) is 6.10 Å².